The molecule has 0 heterocycles. The van der Waals surface area contributed by atoms with Crippen LogP contribution in [0, 0.1) is 0 Å². The number of aliphatic hydroxyl groups excluding tert-OH is 1. The first kappa shape index (κ1) is 22.2. The summed E-state index contributed by atoms with van der Waals surface area (Å²) in [6.45, 7) is 3.52. The molecule has 0 bridgehead atoms. The van der Waals surface area contributed by atoms with Gasteiger partial charge in [0.1, 0.15) is 12.4 Å². The van der Waals surface area contributed by atoms with Gasteiger partial charge >= 0.3 is 6.18 Å². The number of likely N-dealkylation sites (N-methyl/N-ethyl adjacent to an activating group) is 1. The smallest absolute Gasteiger partial charge is 0.416 e. The Bertz CT molecular complexity index is 720. The number of aliphatic hydroxyl groups is 1. The van der Waals surface area contributed by atoms with Crippen LogP contribution in [-0.2, 0) is 12.6 Å². The lowest BCUT2D eigenvalue weighted by Crippen LogP contribution is -2.32. The summed E-state index contributed by atoms with van der Waals surface area (Å²) in [5.41, 5.74) is 0.598. The molecule has 0 amide bonds. The molecular weight excluding hydrogens is 369 g/mol. The topological polar surface area (TPSA) is 53.5 Å². The van der Waals surface area contributed by atoms with E-state index in [9.17, 15) is 18.3 Å². The van der Waals surface area contributed by atoms with E-state index in [1.807, 2.05) is 38.2 Å². The summed E-state index contributed by atoms with van der Waals surface area (Å²) in [6.07, 6.45) is -4.70. The van der Waals surface area contributed by atoms with Crippen LogP contribution >= 0.6 is 0 Å². The predicted molar refractivity (Wildman–Crippen MR) is 103 cm³/mol. The number of ether oxygens (including phenoxy) is 1. The molecule has 3 N–H and O–H groups in total. The lowest BCUT2D eigenvalue weighted by molar-refractivity contribution is -0.137. The van der Waals surface area contributed by atoms with Crippen molar-refractivity contribution in [1.29, 1.82) is 0 Å². The number of rotatable bonds is 10. The van der Waals surface area contributed by atoms with Gasteiger partial charge in [0.15, 0.2) is 0 Å². The lowest BCUT2D eigenvalue weighted by Gasteiger charge is -2.18. The molecule has 0 saturated heterocycles. The predicted octanol–water partition coefficient (Wildman–Crippen LogP) is 3.56. The van der Waals surface area contributed by atoms with Gasteiger partial charge in [-0.25, -0.2) is 0 Å². The molecule has 2 rings (SSSR count). The molecule has 0 aliphatic rings. The van der Waals surface area contributed by atoms with Gasteiger partial charge in [-0.2, -0.15) is 13.2 Å². The Hall–Kier alpha value is -2.09. The van der Waals surface area contributed by atoms with E-state index in [0.29, 0.717) is 6.61 Å². The molecule has 0 saturated carbocycles. The summed E-state index contributed by atoms with van der Waals surface area (Å²) in [5, 5.41) is 16.4. The second-order valence-electron chi connectivity index (χ2n) is 6.75. The second kappa shape index (κ2) is 10.5. The van der Waals surface area contributed by atoms with E-state index in [4.69, 9.17) is 4.74 Å². The zero-order chi connectivity index (χ0) is 20.6. The van der Waals surface area contributed by atoms with Gasteiger partial charge in [-0.3, -0.25) is 0 Å². The van der Waals surface area contributed by atoms with Crippen molar-refractivity contribution in [2.24, 2.45) is 0 Å². The molecule has 154 valence electrons. The Morgan fingerprint density at radius 2 is 1.82 bits per heavy atom. The summed E-state index contributed by atoms with van der Waals surface area (Å²) in [6, 6.07) is 12.6. The Morgan fingerprint density at radius 1 is 1.11 bits per heavy atom. The van der Waals surface area contributed by atoms with Crippen LogP contribution in [0.1, 0.15) is 29.7 Å². The van der Waals surface area contributed by atoms with Crippen molar-refractivity contribution in [3.05, 3.63) is 65.2 Å². The molecule has 7 heteroatoms. The molecule has 0 aromatic heterocycles. The lowest BCUT2D eigenvalue weighted by atomic mass is 10.0. The Labute approximate surface area is 163 Å². The quantitative estimate of drug-likeness (QED) is 0.538. The molecule has 0 aliphatic heterocycles. The average Bonchev–Trinajstić information content (AvgIpc) is 2.67. The summed E-state index contributed by atoms with van der Waals surface area (Å²) < 4.78 is 44.0. The van der Waals surface area contributed by atoms with Crippen LogP contribution < -0.4 is 15.4 Å². The van der Waals surface area contributed by atoms with Gasteiger partial charge < -0.3 is 20.5 Å². The van der Waals surface area contributed by atoms with Crippen LogP contribution in [0.15, 0.2) is 48.5 Å². The number of halogens is 3. The molecule has 2 unspecified atom stereocenters. The Morgan fingerprint density at radius 3 is 2.46 bits per heavy atom. The fourth-order valence-electron chi connectivity index (χ4n) is 2.77. The third-order valence-corrected chi connectivity index (χ3v) is 4.34. The third kappa shape index (κ3) is 7.14. The molecule has 2 aromatic carbocycles. The zero-order valence-electron chi connectivity index (χ0n) is 16.1. The van der Waals surface area contributed by atoms with Crippen molar-refractivity contribution in [2.75, 3.05) is 26.7 Å². The molecular formula is C21H27F3N2O2. The maximum atomic E-state index is 12.8. The minimum atomic E-state index is -4.42. The van der Waals surface area contributed by atoms with Crippen LogP contribution in [0.25, 0.3) is 0 Å². The van der Waals surface area contributed by atoms with Crippen LogP contribution in [0.3, 0.4) is 0 Å². The minimum absolute atomic E-state index is 0.0523. The number of hydrogen-bond acceptors (Lipinski definition) is 4. The largest absolute Gasteiger partial charge is 0.492 e. The molecule has 0 spiro atoms. The van der Waals surface area contributed by atoms with Crippen molar-refractivity contribution in [2.45, 2.75) is 31.7 Å². The van der Waals surface area contributed by atoms with Gasteiger partial charge in [0, 0.05) is 19.1 Å². The van der Waals surface area contributed by atoms with Gasteiger partial charge in [0.05, 0.1) is 11.7 Å². The highest BCUT2D eigenvalue weighted by molar-refractivity contribution is 5.28. The molecule has 0 radical (unpaired) electrons. The van der Waals surface area contributed by atoms with Gasteiger partial charge in [-0.15, -0.1) is 0 Å². The first-order valence-electron chi connectivity index (χ1n) is 9.24. The molecule has 2 aromatic rings. The fraction of sp³-hybridized carbons (Fsp3) is 0.429. The normalized spacial score (nSPS) is 13.9. The second-order valence-corrected chi connectivity index (χ2v) is 6.75. The fourth-order valence-corrected chi connectivity index (χ4v) is 2.77. The van der Waals surface area contributed by atoms with E-state index in [0.717, 1.165) is 36.4 Å². The van der Waals surface area contributed by atoms with Gasteiger partial charge in [-0.1, -0.05) is 24.3 Å². The van der Waals surface area contributed by atoms with Crippen LogP contribution in [0.4, 0.5) is 13.2 Å². The minimum Gasteiger partial charge on any atom is -0.492 e. The monoisotopic (exact) mass is 396 g/mol. The Kier molecular flexibility index (Phi) is 8.29. The van der Waals surface area contributed by atoms with Gasteiger partial charge in [0.2, 0.25) is 0 Å². The molecule has 2 atom stereocenters. The number of alkyl halides is 3. The molecule has 0 aliphatic carbocycles. The maximum absolute atomic E-state index is 12.8. The van der Waals surface area contributed by atoms with E-state index >= 15 is 0 Å². The highest BCUT2D eigenvalue weighted by Crippen LogP contribution is 2.30. The van der Waals surface area contributed by atoms with E-state index in [2.05, 4.69) is 10.6 Å². The van der Waals surface area contributed by atoms with E-state index < -0.39 is 17.8 Å². The van der Waals surface area contributed by atoms with Crippen LogP contribution in [-0.4, -0.2) is 37.9 Å². The standard InChI is InChI=1S/C21H27F3N2O2/c1-15(12-16-6-8-19(9-7-16)28-11-10-25-2)26-14-20(27)17-4-3-5-18(13-17)21(22,23)24/h3-9,13,15,20,25-27H,10-12,14H2,1-2H3. The zero-order valence-corrected chi connectivity index (χ0v) is 16.1. The van der Waals surface area contributed by atoms with E-state index in [1.54, 1.807) is 0 Å². The highest BCUT2D eigenvalue weighted by atomic mass is 19.4. The van der Waals surface area contributed by atoms with Crippen molar-refractivity contribution in [3.8, 4) is 5.75 Å². The third-order valence-electron chi connectivity index (χ3n) is 4.34. The first-order chi connectivity index (χ1) is 13.3. The first-order valence-corrected chi connectivity index (χ1v) is 9.24. The highest BCUT2D eigenvalue weighted by Gasteiger charge is 2.30. The van der Waals surface area contributed by atoms with Crippen molar-refractivity contribution in [3.63, 3.8) is 0 Å². The van der Waals surface area contributed by atoms with Crippen molar-refractivity contribution >= 4 is 0 Å². The SMILES string of the molecule is CNCCOc1ccc(CC(C)NCC(O)c2cccc(C(F)(F)F)c2)cc1. The van der Waals surface area contributed by atoms with Gasteiger partial charge in [0.25, 0.3) is 0 Å². The van der Waals surface area contributed by atoms with Crippen molar-refractivity contribution in [1.82, 2.24) is 10.6 Å². The average molecular weight is 396 g/mol. The number of nitrogens with one attached hydrogen (secondary N) is 2. The Balaban J connectivity index is 1.82. The number of hydrogen-bond donors (Lipinski definition) is 3. The van der Waals surface area contributed by atoms with Crippen LogP contribution in [0.2, 0.25) is 0 Å². The summed E-state index contributed by atoms with van der Waals surface area (Å²) in [7, 11) is 1.87. The summed E-state index contributed by atoms with van der Waals surface area (Å²) in [5.74, 6) is 0.805. The van der Waals surface area contributed by atoms with Crippen LogP contribution in [0.5, 0.6) is 5.75 Å². The summed E-state index contributed by atoms with van der Waals surface area (Å²) >= 11 is 0. The maximum Gasteiger partial charge on any atom is 0.416 e. The van der Waals surface area contributed by atoms with E-state index in [1.165, 1.54) is 12.1 Å². The molecule has 28 heavy (non-hydrogen) atoms. The van der Waals surface area contributed by atoms with Crippen molar-refractivity contribution < 1.29 is 23.0 Å². The summed E-state index contributed by atoms with van der Waals surface area (Å²) in [4.78, 5) is 0. The number of benzene rings is 2. The molecule has 0 fully saturated rings. The van der Waals surface area contributed by atoms with Gasteiger partial charge in [-0.05, 0) is 55.8 Å². The molecule has 4 nitrogen and oxygen atoms in total. The van der Waals surface area contributed by atoms with E-state index in [-0.39, 0.29) is 18.2 Å².